The third-order valence-electron chi connectivity index (χ3n) is 3.01. The van der Waals surface area contributed by atoms with Gasteiger partial charge in [0.1, 0.15) is 6.17 Å². The summed E-state index contributed by atoms with van der Waals surface area (Å²) < 4.78 is 18.4. The van der Waals surface area contributed by atoms with Gasteiger partial charge in [0.05, 0.1) is 18.6 Å². The summed E-state index contributed by atoms with van der Waals surface area (Å²) in [6.07, 6.45) is 5.28. The Kier molecular flexibility index (Phi) is 5.25. The second kappa shape index (κ2) is 6.05. The Bertz CT molecular complexity index is 265. The van der Waals surface area contributed by atoms with Gasteiger partial charge in [-0.3, -0.25) is 4.79 Å². The Hall–Kier alpha value is -0.290. The van der Waals surface area contributed by atoms with Crippen molar-refractivity contribution in [3.05, 3.63) is 0 Å². The Morgan fingerprint density at radius 3 is 2.59 bits per heavy atom. The zero-order valence-corrected chi connectivity index (χ0v) is 11.6. The number of aliphatic hydroxyl groups excluding tert-OH is 1. The molecule has 0 aliphatic heterocycles. The smallest absolute Gasteiger partial charge is 0.309 e. The highest BCUT2D eigenvalue weighted by Crippen LogP contribution is 2.34. The van der Waals surface area contributed by atoms with Crippen molar-refractivity contribution in [3.63, 3.8) is 0 Å². The first-order chi connectivity index (χ1) is 7.79. The maximum Gasteiger partial charge on any atom is 0.309 e. The number of ether oxygens (including phenoxy) is 1. The molecule has 0 bridgehead atoms. The van der Waals surface area contributed by atoms with Crippen LogP contribution in [0.3, 0.4) is 0 Å². The number of alkyl halides is 1. The third kappa shape index (κ3) is 5.25. The van der Waals surface area contributed by atoms with E-state index in [9.17, 15) is 14.3 Å². The average molecular weight is 266 g/mol. The first-order valence-corrected chi connectivity index (χ1v) is 8.97. The summed E-state index contributed by atoms with van der Waals surface area (Å²) in [6, 6.07) is 0. The third-order valence-corrected chi connectivity index (χ3v) is 4.40. The molecule has 102 valence electrons. The van der Waals surface area contributed by atoms with E-state index in [2.05, 4.69) is 18.8 Å². The molecule has 1 N–H and O–H groups in total. The van der Waals surface area contributed by atoms with Crippen molar-refractivity contribution >= 4 is 16.0 Å². The predicted molar refractivity (Wildman–Crippen MR) is 69.4 cm³/mol. The monoisotopic (exact) mass is 266 g/mol. The van der Waals surface area contributed by atoms with E-state index in [-0.39, 0.29) is 18.3 Å². The zero-order chi connectivity index (χ0) is 13.1. The van der Waals surface area contributed by atoms with Crippen LogP contribution < -0.4 is 0 Å². The fraction of sp³-hybridized carbons (Fsp3) is 0.917. The van der Waals surface area contributed by atoms with Crippen LogP contribution in [0.15, 0.2) is 0 Å². The maximum absolute atomic E-state index is 13.2. The topological polar surface area (TPSA) is 46.5 Å². The second-order valence-electron chi connectivity index (χ2n) is 5.56. The van der Waals surface area contributed by atoms with Gasteiger partial charge < -0.3 is 9.84 Å². The quantitative estimate of drug-likeness (QED) is 0.788. The van der Waals surface area contributed by atoms with Crippen LogP contribution in [-0.4, -0.2) is 54.5 Å². The second-order valence-corrected chi connectivity index (χ2v) is 10.1. The number of hydrogen-bond donors (Lipinski definition) is 1. The molecule has 3 nitrogen and oxygen atoms in total. The highest BCUT2D eigenvalue weighted by Gasteiger charge is 2.33. The number of rotatable bonds is 4. The van der Waals surface area contributed by atoms with Gasteiger partial charge in [0, 0.05) is 5.75 Å². The van der Waals surface area contributed by atoms with Gasteiger partial charge in [-0.2, -0.15) is 0 Å². The molecular formula is C12H23FO3S. The molecule has 1 aliphatic rings. The van der Waals surface area contributed by atoms with Crippen LogP contribution in [0, 0.1) is 5.92 Å². The van der Waals surface area contributed by atoms with E-state index in [0.29, 0.717) is 19.4 Å². The minimum atomic E-state index is -1.28. The SMILES string of the molecule is CS(C)(C)CCOC(=O)C1CCC(O)C(F)C1. The molecule has 1 rings (SSSR count). The molecule has 0 aromatic heterocycles. The van der Waals surface area contributed by atoms with Gasteiger partial charge in [-0.1, -0.05) is 0 Å². The van der Waals surface area contributed by atoms with Crippen LogP contribution in [0.25, 0.3) is 0 Å². The van der Waals surface area contributed by atoms with E-state index in [1.54, 1.807) is 0 Å². The van der Waals surface area contributed by atoms with Crippen molar-refractivity contribution in [2.45, 2.75) is 31.5 Å². The number of esters is 1. The molecule has 5 heteroatoms. The standard InChI is InChI=1S/C12H23FO3S/c1-17(2,3)7-6-16-12(15)9-4-5-11(14)10(13)8-9/h9-11,14H,4-8H2,1-3H3. The van der Waals surface area contributed by atoms with Gasteiger partial charge in [-0.25, -0.2) is 14.4 Å². The molecule has 1 fully saturated rings. The van der Waals surface area contributed by atoms with Crippen LogP contribution in [0.5, 0.6) is 0 Å². The summed E-state index contributed by atoms with van der Waals surface area (Å²) in [7, 11) is -0.661. The van der Waals surface area contributed by atoms with E-state index in [4.69, 9.17) is 4.74 Å². The fourth-order valence-electron chi connectivity index (χ4n) is 1.82. The molecule has 0 aromatic rings. The Morgan fingerprint density at radius 1 is 1.41 bits per heavy atom. The number of hydrogen-bond acceptors (Lipinski definition) is 3. The number of halogens is 1. The van der Waals surface area contributed by atoms with Crippen molar-refractivity contribution in [2.75, 3.05) is 31.1 Å². The first-order valence-electron chi connectivity index (χ1n) is 5.94. The van der Waals surface area contributed by atoms with Gasteiger partial charge >= 0.3 is 5.97 Å². The Labute approximate surface area is 104 Å². The molecule has 0 radical (unpaired) electrons. The van der Waals surface area contributed by atoms with Gasteiger partial charge in [0.25, 0.3) is 0 Å². The number of carbonyl (C=O) groups excluding carboxylic acids is 1. The summed E-state index contributed by atoms with van der Waals surface area (Å²) in [5.41, 5.74) is 0. The molecule has 0 spiro atoms. The zero-order valence-electron chi connectivity index (χ0n) is 10.8. The van der Waals surface area contributed by atoms with Gasteiger partial charge in [0.2, 0.25) is 0 Å². The van der Waals surface area contributed by atoms with Crippen molar-refractivity contribution in [1.29, 1.82) is 0 Å². The van der Waals surface area contributed by atoms with Crippen molar-refractivity contribution in [2.24, 2.45) is 5.92 Å². The summed E-state index contributed by atoms with van der Waals surface area (Å²) in [6.45, 7) is 0.424. The molecular weight excluding hydrogens is 243 g/mol. The molecule has 3 atom stereocenters. The van der Waals surface area contributed by atoms with Crippen LogP contribution in [0.4, 0.5) is 4.39 Å². The van der Waals surface area contributed by atoms with E-state index < -0.39 is 22.3 Å². The summed E-state index contributed by atoms with van der Waals surface area (Å²) in [5, 5.41) is 9.24. The first kappa shape index (κ1) is 14.8. The molecule has 0 amide bonds. The van der Waals surface area contributed by atoms with E-state index >= 15 is 0 Å². The van der Waals surface area contributed by atoms with Crippen molar-refractivity contribution < 1.29 is 19.0 Å². The summed E-state index contributed by atoms with van der Waals surface area (Å²) in [4.78, 5) is 11.7. The fourth-order valence-corrected chi connectivity index (χ4v) is 2.41. The highest BCUT2D eigenvalue weighted by molar-refractivity contribution is 8.32. The Balaban J connectivity index is 2.29. The lowest BCUT2D eigenvalue weighted by Gasteiger charge is -2.28. The van der Waals surface area contributed by atoms with Gasteiger partial charge in [-0.05, 0) is 38.0 Å². The number of carbonyl (C=O) groups is 1. The van der Waals surface area contributed by atoms with Gasteiger partial charge in [-0.15, -0.1) is 0 Å². The normalized spacial score (nSPS) is 31.0. The minimum absolute atomic E-state index is 0.0996. The molecule has 0 aromatic carbocycles. The predicted octanol–water partition coefficient (Wildman–Crippen LogP) is 1.72. The summed E-state index contributed by atoms with van der Waals surface area (Å²) >= 11 is 0. The molecule has 1 saturated carbocycles. The minimum Gasteiger partial charge on any atom is -0.465 e. The van der Waals surface area contributed by atoms with Crippen LogP contribution in [0.1, 0.15) is 19.3 Å². The average Bonchev–Trinajstić information content (AvgIpc) is 2.20. The van der Waals surface area contributed by atoms with Gasteiger partial charge in [0.15, 0.2) is 0 Å². The highest BCUT2D eigenvalue weighted by atomic mass is 32.3. The lowest BCUT2D eigenvalue weighted by molar-refractivity contribution is -0.151. The Morgan fingerprint density at radius 2 is 2.06 bits per heavy atom. The summed E-state index contributed by atoms with van der Waals surface area (Å²) in [5.74, 6) is 0.208. The maximum atomic E-state index is 13.2. The van der Waals surface area contributed by atoms with Crippen molar-refractivity contribution in [1.82, 2.24) is 0 Å². The largest absolute Gasteiger partial charge is 0.465 e. The molecule has 17 heavy (non-hydrogen) atoms. The molecule has 0 heterocycles. The van der Waals surface area contributed by atoms with E-state index in [1.165, 1.54) is 0 Å². The lowest BCUT2D eigenvalue weighted by Crippen LogP contribution is -2.34. The van der Waals surface area contributed by atoms with Crippen LogP contribution in [-0.2, 0) is 9.53 Å². The van der Waals surface area contributed by atoms with Crippen LogP contribution in [0.2, 0.25) is 0 Å². The van der Waals surface area contributed by atoms with Crippen LogP contribution >= 0.6 is 10.0 Å². The van der Waals surface area contributed by atoms with E-state index in [0.717, 1.165) is 5.75 Å². The van der Waals surface area contributed by atoms with Crippen molar-refractivity contribution in [3.8, 4) is 0 Å². The lowest BCUT2D eigenvalue weighted by atomic mass is 9.86. The molecule has 1 aliphatic carbocycles. The molecule has 0 saturated heterocycles. The van der Waals surface area contributed by atoms with E-state index in [1.807, 2.05) is 0 Å². The number of aliphatic hydroxyl groups is 1. The molecule has 3 unspecified atom stereocenters.